The maximum atomic E-state index is 5.25. The first kappa shape index (κ1) is 20.9. The number of benzene rings is 1. The number of aliphatic imine (C=N–C) groups is 1. The molecular formula is C17H25IN4OS. The predicted octanol–water partition coefficient (Wildman–Crippen LogP) is 3.42. The molecule has 2 rings (SSSR count). The van der Waals surface area contributed by atoms with Gasteiger partial charge in [0.25, 0.3) is 0 Å². The summed E-state index contributed by atoms with van der Waals surface area (Å²) in [6.45, 7) is 4.09. The van der Waals surface area contributed by atoms with E-state index in [2.05, 4.69) is 37.7 Å². The summed E-state index contributed by atoms with van der Waals surface area (Å²) in [7, 11) is 5.53. The van der Waals surface area contributed by atoms with Crippen molar-refractivity contribution in [1.29, 1.82) is 0 Å². The summed E-state index contributed by atoms with van der Waals surface area (Å²) < 4.78 is 5.25. The highest BCUT2D eigenvalue weighted by Crippen LogP contribution is 2.11. The number of halogens is 1. The van der Waals surface area contributed by atoms with E-state index in [0.29, 0.717) is 13.2 Å². The van der Waals surface area contributed by atoms with Crippen LogP contribution in [-0.2, 0) is 24.4 Å². The summed E-state index contributed by atoms with van der Waals surface area (Å²) in [5, 5.41) is 6.59. The van der Waals surface area contributed by atoms with Crippen molar-refractivity contribution in [3.8, 4) is 0 Å². The van der Waals surface area contributed by atoms with Crippen LogP contribution in [0.25, 0.3) is 0 Å². The minimum atomic E-state index is 0. The summed E-state index contributed by atoms with van der Waals surface area (Å²) in [5.41, 5.74) is 3.47. The minimum Gasteiger partial charge on any atom is -0.380 e. The number of nitrogens with one attached hydrogen (secondary N) is 1. The number of hydrogen-bond donors (Lipinski definition) is 1. The summed E-state index contributed by atoms with van der Waals surface area (Å²) in [6.07, 6.45) is 0. The number of hydrogen-bond acceptors (Lipinski definition) is 4. The maximum absolute atomic E-state index is 5.25. The number of methoxy groups -OCH3 is 1. The van der Waals surface area contributed by atoms with E-state index in [-0.39, 0.29) is 24.0 Å². The number of nitrogens with zero attached hydrogens (tertiary/aromatic N) is 3. The Balaban J connectivity index is 0.00000288. The highest BCUT2D eigenvalue weighted by Gasteiger charge is 2.09. The summed E-state index contributed by atoms with van der Waals surface area (Å²) in [5.74, 6) is 0.850. The zero-order chi connectivity index (χ0) is 16.7. The van der Waals surface area contributed by atoms with Gasteiger partial charge in [-0.25, -0.2) is 4.98 Å². The van der Waals surface area contributed by atoms with Crippen LogP contribution in [0.1, 0.15) is 21.8 Å². The molecule has 0 aliphatic rings. The van der Waals surface area contributed by atoms with Gasteiger partial charge in [0, 0.05) is 33.1 Å². The van der Waals surface area contributed by atoms with Gasteiger partial charge in [-0.1, -0.05) is 24.3 Å². The molecule has 24 heavy (non-hydrogen) atoms. The zero-order valence-electron chi connectivity index (χ0n) is 14.6. The molecule has 0 aliphatic heterocycles. The Bertz CT molecular complexity index is 660. The van der Waals surface area contributed by atoms with Gasteiger partial charge in [-0.15, -0.1) is 35.3 Å². The Morgan fingerprint density at radius 3 is 2.62 bits per heavy atom. The molecule has 0 saturated carbocycles. The van der Waals surface area contributed by atoms with Crippen LogP contribution < -0.4 is 5.32 Å². The van der Waals surface area contributed by atoms with Gasteiger partial charge in [-0.3, -0.25) is 4.99 Å². The lowest BCUT2D eigenvalue weighted by Gasteiger charge is -2.21. The lowest BCUT2D eigenvalue weighted by molar-refractivity contribution is 0.184. The van der Waals surface area contributed by atoms with E-state index in [4.69, 9.17) is 4.74 Å². The van der Waals surface area contributed by atoms with E-state index in [9.17, 15) is 0 Å². The first-order chi connectivity index (χ1) is 11.1. The predicted molar refractivity (Wildman–Crippen MR) is 111 cm³/mol. The Hall–Kier alpha value is -1.19. The zero-order valence-corrected chi connectivity index (χ0v) is 17.7. The Kier molecular flexibility index (Phi) is 9.24. The SMILES string of the molecule is CN=C(NCc1ccccc1COC)N(C)Cc1csc(C)n1.I. The van der Waals surface area contributed by atoms with Gasteiger partial charge in [-0.05, 0) is 18.1 Å². The van der Waals surface area contributed by atoms with E-state index in [0.717, 1.165) is 23.2 Å². The van der Waals surface area contributed by atoms with Gasteiger partial charge in [0.05, 0.1) is 23.9 Å². The van der Waals surface area contributed by atoms with Crippen LogP contribution in [0.2, 0.25) is 0 Å². The molecule has 0 radical (unpaired) electrons. The molecule has 0 saturated heterocycles. The van der Waals surface area contributed by atoms with Crippen molar-refractivity contribution in [2.24, 2.45) is 4.99 Å². The molecule has 1 heterocycles. The van der Waals surface area contributed by atoms with Crippen LogP contribution in [0.4, 0.5) is 0 Å². The Labute approximate surface area is 165 Å². The van der Waals surface area contributed by atoms with E-state index in [1.165, 1.54) is 11.1 Å². The fraction of sp³-hybridized carbons (Fsp3) is 0.412. The number of thiazole rings is 1. The molecule has 1 aromatic heterocycles. The van der Waals surface area contributed by atoms with E-state index < -0.39 is 0 Å². The molecule has 0 atom stereocenters. The van der Waals surface area contributed by atoms with Gasteiger partial charge in [0.1, 0.15) is 0 Å². The third kappa shape index (κ3) is 6.03. The van der Waals surface area contributed by atoms with Gasteiger partial charge in [-0.2, -0.15) is 0 Å². The van der Waals surface area contributed by atoms with Gasteiger partial charge < -0.3 is 15.0 Å². The van der Waals surface area contributed by atoms with Crippen LogP contribution in [0, 0.1) is 6.92 Å². The first-order valence-electron chi connectivity index (χ1n) is 7.52. The van der Waals surface area contributed by atoms with E-state index >= 15 is 0 Å². The number of aromatic nitrogens is 1. The van der Waals surface area contributed by atoms with Crippen molar-refractivity contribution in [1.82, 2.24) is 15.2 Å². The highest BCUT2D eigenvalue weighted by atomic mass is 127. The van der Waals surface area contributed by atoms with E-state index in [1.807, 2.05) is 26.1 Å². The molecule has 1 aromatic carbocycles. The molecule has 1 N–H and O–H groups in total. The molecular weight excluding hydrogens is 435 g/mol. The third-order valence-electron chi connectivity index (χ3n) is 3.49. The molecule has 132 valence electrons. The molecule has 2 aromatic rings. The van der Waals surface area contributed by atoms with Crippen molar-refractivity contribution < 1.29 is 4.74 Å². The number of guanidine groups is 1. The molecule has 0 amide bonds. The second-order valence-corrected chi connectivity index (χ2v) is 6.38. The topological polar surface area (TPSA) is 49.8 Å². The van der Waals surface area contributed by atoms with Crippen molar-refractivity contribution in [3.05, 3.63) is 51.5 Å². The monoisotopic (exact) mass is 460 g/mol. The molecule has 7 heteroatoms. The van der Waals surface area contributed by atoms with Crippen LogP contribution in [0.5, 0.6) is 0 Å². The second-order valence-electron chi connectivity index (χ2n) is 5.32. The fourth-order valence-corrected chi connectivity index (χ4v) is 2.99. The third-order valence-corrected chi connectivity index (χ3v) is 4.32. The quantitative estimate of drug-likeness (QED) is 0.408. The smallest absolute Gasteiger partial charge is 0.194 e. The van der Waals surface area contributed by atoms with Gasteiger partial charge in [0.2, 0.25) is 0 Å². The Morgan fingerprint density at radius 1 is 1.33 bits per heavy atom. The fourth-order valence-electron chi connectivity index (χ4n) is 2.38. The van der Waals surface area contributed by atoms with Crippen LogP contribution >= 0.6 is 35.3 Å². The van der Waals surface area contributed by atoms with E-state index in [1.54, 1.807) is 25.5 Å². The van der Waals surface area contributed by atoms with Crippen LogP contribution in [-0.4, -0.2) is 37.0 Å². The maximum Gasteiger partial charge on any atom is 0.194 e. The van der Waals surface area contributed by atoms with Crippen molar-refractivity contribution in [2.45, 2.75) is 26.6 Å². The van der Waals surface area contributed by atoms with Crippen molar-refractivity contribution in [2.75, 3.05) is 21.2 Å². The molecule has 0 fully saturated rings. The van der Waals surface area contributed by atoms with Crippen molar-refractivity contribution in [3.63, 3.8) is 0 Å². The second kappa shape index (κ2) is 10.6. The number of rotatable bonds is 6. The lowest BCUT2D eigenvalue weighted by Crippen LogP contribution is -2.38. The van der Waals surface area contributed by atoms with Crippen LogP contribution in [0.3, 0.4) is 0 Å². The molecule has 0 unspecified atom stereocenters. The average Bonchev–Trinajstić information content (AvgIpc) is 2.94. The van der Waals surface area contributed by atoms with Crippen LogP contribution in [0.15, 0.2) is 34.6 Å². The minimum absolute atomic E-state index is 0. The summed E-state index contributed by atoms with van der Waals surface area (Å²) in [4.78, 5) is 10.9. The van der Waals surface area contributed by atoms with Crippen molar-refractivity contribution >= 4 is 41.3 Å². The molecule has 5 nitrogen and oxygen atoms in total. The molecule has 0 bridgehead atoms. The number of ether oxygens (including phenoxy) is 1. The standard InChI is InChI=1S/C17H24N4OS.HI/c1-13-20-16(12-23-13)10-21(3)17(18-2)19-9-14-7-5-6-8-15(14)11-22-4;/h5-8,12H,9-11H2,1-4H3,(H,18,19);1H. The summed E-state index contributed by atoms with van der Waals surface area (Å²) >= 11 is 1.67. The van der Waals surface area contributed by atoms with Gasteiger partial charge in [0.15, 0.2) is 5.96 Å². The average molecular weight is 460 g/mol. The highest BCUT2D eigenvalue weighted by molar-refractivity contribution is 14.0. The normalized spacial score (nSPS) is 11.1. The molecule has 0 aliphatic carbocycles. The lowest BCUT2D eigenvalue weighted by atomic mass is 10.1. The molecule has 0 spiro atoms. The first-order valence-corrected chi connectivity index (χ1v) is 8.40. The number of aryl methyl sites for hydroxylation is 1. The largest absolute Gasteiger partial charge is 0.380 e. The van der Waals surface area contributed by atoms with Gasteiger partial charge >= 0.3 is 0 Å². The summed E-state index contributed by atoms with van der Waals surface area (Å²) in [6, 6.07) is 8.27. The Morgan fingerprint density at radius 2 is 2.04 bits per heavy atom.